The minimum Gasteiger partial charge on any atom is -0.433 e. The van der Waals surface area contributed by atoms with Crippen molar-refractivity contribution in [2.24, 2.45) is 0 Å². The minimum atomic E-state index is -3.82. The molecule has 0 heterocycles. The minimum absolute atomic E-state index is 0.0284. The third-order valence-electron chi connectivity index (χ3n) is 3.80. The number of anilines is 2. The summed E-state index contributed by atoms with van der Waals surface area (Å²) >= 11 is 0. The summed E-state index contributed by atoms with van der Waals surface area (Å²) in [6.07, 6.45) is 0. The molecule has 0 spiro atoms. The highest BCUT2D eigenvalue weighted by Crippen LogP contribution is 2.26. The quantitative estimate of drug-likeness (QED) is 0.598. The molecular weight excluding hydrogens is 402 g/mol. The Balaban J connectivity index is 1.74. The van der Waals surface area contributed by atoms with Crippen molar-refractivity contribution in [3.8, 4) is 5.75 Å². The molecule has 1 amide bonds. The van der Waals surface area contributed by atoms with Crippen LogP contribution in [-0.4, -0.2) is 20.9 Å². The van der Waals surface area contributed by atoms with E-state index in [1.165, 1.54) is 42.5 Å². The van der Waals surface area contributed by atoms with E-state index in [4.69, 9.17) is 0 Å². The van der Waals surface area contributed by atoms with Gasteiger partial charge in [0.15, 0.2) is 0 Å². The van der Waals surface area contributed by atoms with Crippen LogP contribution in [0.2, 0.25) is 0 Å². The zero-order chi connectivity index (χ0) is 20.9. The number of hydrogen-bond acceptors (Lipinski definition) is 4. The molecule has 0 fully saturated rings. The highest BCUT2D eigenvalue weighted by atomic mass is 32.2. The number of sulfonamides is 1. The molecule has 3 aromatic rings. The Morgan fingerprint density at radius 3 is 2.14 bits per heavy atom. The van der Waals surface area contributed by atoms with Crippen molar-refractivity contribution >= 4 is 27.3 Å². The van der Waals surface area contributed by atoms with Gasteiger partial charge in [0, 0.05) is 11.3 Å². The number of rotatable bonds is 7. The van der Waals surface area contributed by atoms with Crippen LogP contribution in [-0.2, 0) is 10.0 Å². The normalized spacial score (nSPS) is 11.1. The summed E-state index contributed by atoms with van der Waals surface area (Å²) in [6, 6.07) is 19.3. The van der Waals surface area contributed by atoms with Gasteiger partial charge in [-0.25, -0.2) is 8.42 Å². The Labute approximate surface area is 166 Å². The second-order valence-electron chi connectivity index (χ2n) is 5.82. The molecule has 0 saturated heterocycles. The molecule has 0 unspecified atom stereocenters. The van der Waals surface area contributed by atoms with Crippen LogP contribution in [0.4, 0.5) is 20.2 Å². The van der Waals surface area contributed by atoms with Crippen molar-refractivity contribution < 1.29 is 26.7 Å². The summed E-state index contributed by atoms with van der Waals surface area (Å²) in [7, 11) is -3.82. The van der Waals surface area contributed by atoms with Crippen LogP contribution in [0.25, 0.3) is 0 Å². The van der Waals surface area contributed by atoms with Gasteiger partial charge in [-0.05, 0) is 48.5 Å². The van der Waals surface area contributed by atoms with E-state index >= 15 is 0 Å². The zero-order valence-electron chi connectivity index (χ0n) is 14.9. The van der Waals surface area contributed by atoms with Gasteiger partial charge in [0.05, 0.1) is 10.6 Å². The lowest BCUT2D eigenvalue weighted by atomic mass is 10.2. The maximum absolute atomic E-state index is 12.5. The predicted molar refractivity (Wildman–Crippen MR) is 105 cm³/mol. The van der Waals surface area contributed by atoms with E-state index in [0.29, 0.717) is 5.69 Å². The average molecular weight is 418 g/mol. The molecule has 2 N–H and O–H groups in total. The highest BCUT2D eigenvalue weighted by Gasteiger charge is 2.16. The van der Waals surface area contributed by atoms with E-state index in [2.05, 4.69) is 14.8 Å². The number of ether oxygens (including phenoxy) is 1. The predicted octanol–water partition coefficient (Wildman–Crippen LogP) is 4.34. The number of amides is 1. The molecule has 0 radical (unpaired) electrons. The smallest absolute Gasteiger partial charge is 0.387 e. The van der Waals surface area contributed by atoms with E-state index in [1.807, 2.05) is 0 Å². The third-order valence-corrected chi connectivity index (χ3v) is 5.20. The molecule has 0 bridgehead atoms. The molecule has 3 aromatic carbocycles. The number of para-hydroxylation sites is 3. The van der Waals surface area contributed by atoms with Gasteiger partial charge in [-0.2, -0.15) is 8.78 Å². The van der Waals surface area contributed by atoms with Crippen LogP contribution >= 0.6 is 0 Å². The lowest BCUT2D eigenvalue weighted by molar-refractivity contribution is -0.0493. The van der Waals surface area contributed by atoms with Crippen LogP contribution in [0.5, 0.6) is 5.75 Å². The lowest BCUT2D eigenvalue weighted by Crippen LogP contribution is -2.15. The molecular formula is C20H16F2N2O4S. The molecule has 0 aliphatic rings. The Morgan fingerprint density at radius 2 is 1.48 bits per heavy atom. The number of alkyl halides is 2. The van der Waals surface area contributed by atoms with Crippen molar-refractivity contribution in [3.05, 3.63) is 84.4 Å². The molecule has 0 aromatic heterocycles. The van der Waals surface area contributed by atoms with E-state index in [9.17, 15) is 22.0 Å². The summed E-state index contributed by atoms with van der Waals surface area (Å²) in [4.78, 5) is 12.4. The summed E-state index contributed by atoms with van der Waals surface area (Å²) in [5.74, 6) is -0.780. The molecule has 29 heavy (non-hydrogen) atoms. The van der Waals surface area contributed by atoms with Crippen LogP contribution in [0.1, 0.15) is 10.4 Å². The summed E-state index contributed by atoms with van der Waals surface area (Å²) in [5.41, 5.74) is 0.626. The fraction of sp³-hybridized carbons (Fsp3) is 0.0500. The van der Waals surface area contributed by atoms with Crippen molar-refractivity contribution in [3.63, 3.8) is 0 Å². The van der Waals surface area contributed by atoms with E-state index in [-0.39, 0.29) is 21.9 Å². The molecule has 0 aliphatic heterocycles. The molecule has 0 aliphatic carbocycles. The maximum atomic E-state index is 12.5. The van der Waals surface area contributed by atoms with Gasteiger partial charge >= 0.3 is 6.61 Å². The summed E-state index contributed by atoms with van der Waals surface area (Å²) < 4.78 is 56.6. The maximum Gasteiger partial charge on any atom is 0.387 e. The number of benzene rings is 3. The zero-order valence-corrected chi connectivity index (χ0v) is 15.7. The van der Waals surface area contributed by atoms with E-state index < -0.39 is 22.5 Å². The number of carbonyl (C=O) groups excluding carboxylic acids is 1. The first-order chi connectivity index (χ1) is 13.8. The van der Waals surface area contributed by atoms with Gasteiger partial charge < -0.3 is 10.1 Å². The molecule has 6 nitrogen and oxygen atoms in total. The highest BCUT2D eigenvalue weighted by molar-refractivity contribution is 7.92. The third kappa shape index (κ3) is 5.29. The molecule has 3 rings (SSSR count). The molecule has 9 heteroatoms. The van der Waals surface area contributed by atoms with Crippen molar-refractivity contribution in [2.45, 2.75) is 11.5 Å². The first-order valence-electron chi connectivity index (χ1n) is 8.38. The Kier molecular flexibility index (Phi) is 6.08. The average Bonchev–Trinajstić information content (AvgIpc) is 2.69. The SMILES string of the molecule is O=C(Nc1ccccc1OC(F)F)c1ccc(S(=O)(=O)Nc2ccccc2)cc1. The van der Waals surface area contributed by atoms with Crippen molar-refractivity contribution in [1.82, 2.24) is 0 Å². The van der Waals surface area contributed by atoms with Gasteiger partial charge in [-0.15, -0.1) is 0 Å². The van der Waals surface area contributed by atoms with Gasteiger partial charge in [0.2, 0.25) is 0 Å². The van der Waals surface area contributed by atoms with Gasteiger partial charge in [0.1, 0.15) is 5.75 Å². The van der Waals surface area contributed by atoms with Crippen LogP contribution in [0, 0.1) is 0 Å². The summed E-state index contributed by atoms with van der Waals surface area (Å²) in [6.45, 7) is -3.03. The lowest BCUT2D eigenvalue weighted by Gasteiger charge is -2.12. The number of nitrogens with one attached hydrogen (secondary N) is 2. The first kappa shape index (κ1) is 20.3. The van der Waals surface area contributed by atoms with Crippen molar-refractivity contribution in [2.75, 3.05) is 10.0 Å². The summed E-state index contributed by atoms with van der Waals surface area (Å²) in [5, 5.41) is 2.47. The first-order valence-corrected chi connectivity index (χ1v) is 9.86. The number of hydrogen-bond donors (Lipinski definition) is 2. The van der Waals surface area contributed by atoms with Gasteiger partial charge in [0.25, 0.3) is 15.9 Å². The van der Waals surface area contributed by atoms with Crippen molar-refractivity contribution in [1.29, 1.82) is 0 Å². The fourth-order valence-corrected chi connectivity index (χ4v) is 3.53. The van der Waals surface area contributed by atoms with E-state index in [1.54, 1.807) is 36.4 Å². The second kappa shape index (κ2) is 8.70. The standard InChI is InChI=1S/C20H16F2N2O4S/c21-20(22)28-18-9-5-4-8-17(18)23-19(25)14-10-12-16(13-11-14)29(26,27)24-15-6-2-1-3-7-15/h1-13,20,24H,(H,23,25). The largest absolute Gasteiger partial charge is 0.433 e. The van der Waals surface area contributed by atoms with Crippen LogP contribution in [0.3, 0.4) is 0 Å². The molecule has 150 valence electrons. The fourth-order valence-electron chi connectivity index (χ4n) is 2.47. The van der Waals surface area contributed by atoms with Gasteiger partial charge in [-0.1, -0.05) is 30.3 Å². The van der Waals surface area contributed by atoms with Crippen LogP contribution < -0.4 is 14.8 Å². The number of carbonyl (C=O) groups is 1. The monoisotopic (exact) mass is 418 g/mol. The topological polar surface area (TPSA) is 84.5 Å². The second-order valence-corrected chi connectivity index (χ2v) is 7.51. The Morgan fingerprint density at radius 1 is 0.862 bits per heavy atom. The Hall–Kier alpha value is -3.46. The van der Waals surface area contributed by atoms with Gasteiger partial charge in [-0.3, -0.25) is 9.52 Å². The molecule has 0 saturated carbocycles. The molecule has 0 atom stereocenters. The van der Waals surface area contributed by atoms with E-state index in [0.717, 1.165) is 0 Å². The number of halogens is 2. The Bertz CT molecular complexity index is 1090. The van der Waals surface area contributed by atoms with Crippen LogP contribution in [0.15, 0.2) is 83.8 Å².